The molecule has 1 atom stereocenters. The molecule has 0 aliphatic carbocycles. The second-order valence-electron chi connectivity index (χ2n) is 6.84. The minimum atomic E-state index is 0.00403. The van der Waals surface area contributed by atoms with Gasteiger partial charge < -0.3 is 9.74 Å². The average molecular weight is 384 g/mol. The van der Waals surface area contributed by atoms with Crippen LogP contribution in [0.1, 0.15) is 37.3 Å². The third-order valence-electron chi connectivity index (χ3n) is 4.25. The number of pyridine rings is 1. The Hall–Kier alpha value is -2.34. The second kappa shape index (κ2) is 9.04. The number of hydrogen-bond acceptors (Lipinski definition) is 5. The second-order valence-corrected chi connectivity index (χ2v) is 7.91. The van der Waals surface area contributed by atoms with Gasteiger partial charge in [0.1, 0.15) is 12.0 Å². The van der Waals surface area contributed by atoms with Crippen LogP contribution in [-0.4, -0.2) is 40.9 Å². The summed E-state index contributed by atoms with van der Waals surface area (Å²) in [6, 6.07) is 10.2. The number of rotatable bonds is 7. The van der Waals surface area contributed by atoms with Gasteiger partial charge in [-0.3, -0.25) is 9.78 Å². The Kier molecular flexibility index (Phi) is 6.50. The summed E-state index contributed by atoms with van der Waals surface area (Å²) in [5, 5.41) is 3.96. The molecule has 1 amide bonds. The van der Waals surface area contributed by atoms with Gasteiger partial charge in [-0.05, 0) is 41.7 Å². The highest BCUT2D eigenvalue weighted by Crippen LogP contribution is 2.42. The lowest BCUT2D eigenvalue weighted by Gasteiger charge is -2.27. The molecule has 142 valence electrons. The maximum absolute atomic E-state index is 12.4. The number of hydrogen-bond donors (Lipinski definition) is 0. The fourth-order valence-corrected chi connectivity index (χ4v) is 4.35. The van der Waals surface area contributed by atoms with Crippen LogP contribution in [0, 0.1) is 5.92 Å². The lowest BCUT2D eigenvalue weighted by molar-refractivity contribution is -0.128. The lowest BCUT2D eigenvalue weighted by Crippen LogP contribution is -2.31. The third kappa shape index (κ3) is 4.69. The number of oxime groups is 1. The minimum absolute atomic E-state index is 0.00403. The number of nitrogens with zero attached hydrogens (tertiary/aromatic N) is 3. The molecule has 0 bridgehead atoms. The van der Waals surface area contributed by atoms with Crippen molar-refractivity contribution in [2.24, 2.45) is 11.1 Å². The predicted octanol–water partition coefficient (Wildman–Crippen LogP) is 4.35. The molecule has 3 rings (SSSR count). The van der Waals surface area contributed by atoms with Crippen molar-refractivity contribution < 1.29 is 9.63 Å². The Morgan fingerprint density at radius 3 is 3.04 bits per heavy atom. The van der Waals surface area contributed by atoms with Crippen molar-refractivity contribution in [3.8, 4) is 11.1 Å². The summed E-state index contributed by atoms with van der Waals surface area (Å²) in [6.45, 7) is 7.48. The van der Waals surface area contributed by atoms with Gasteiger partial charge in [0.25, 0.3) is 0 Å². The number of thioether (sulfide) groups is 1. The van der Waals surface area contributed by atoms with Crippen molar-refractivity contribution >= 4 is 23.9 Å². The standard InChI is InChI=1S/C21H25N3O2S/c1-4-26-23-11-16-6-5-7-17(10-16)18-8-9-22-12-19(18)21-24(13-15(2)3)20(25)14-27-21/h5-12,15,21H,4,13-14H2,1-3H3. The molecule has 0 spiro atoms. The van der Waals surface area contributed by atoms with Gasteiger partial charge in [0.05, 0.1) is 12.0 Å². The zero-order chi connectivity index (χ0) is 19.2. The molecule has 2 aromatic rings. The van der Waals surface area contributed by atoms with Gasteiger partial charge in [-0.15, -0.1) is 11.8 Å². The molecule has 0 N–H and O–H groups in total. The number of aromatic nitrogens is 1. The molecule has 1 unspecified atom stereocenters. The lowest BCUT2D eigenvalue weighted by atomic mass is 9.99. The third-order valence-corrected chi connectivity index (χ3v) is 5.49. The van der Waals surface area contributed by atoms with E-state index < -0.39 is 0 Å². The zero-order valence-corrected chi connectivity index (χ0v) is 16.8. The highest BCUT2D eigenvalue weighted by molar-refractivity contribution is 8.00. The zero-order valence-electron chi connectivity index (χ0n) is 16.0. The molecule has 6 heteroatoms. The van der Waals surface area contributed by atoms with Gasteiger partial charge in [-0.1, -0.05) is 37.2 Å². The largest absolute Gasteiger partial charge is 0.396 e. The number of amides is 1. The van der Waals surface area contributed by atoms with Crippen LogP contribution in [-0.2, 0) is 9.63 Å². The molecule has 27 heavy (non-hydrogen) atoms. The first kappa shape index (κ1) is 19.4. The summed E-state index contributed by atoms with van der Waals surface area (Å²) in [7, 11) is 0. The Balaban J connectivity index is 1.95. The molecular formula is C21H25N3O2S. The van der Waals surface area contributed by atoms with Gasteiger partial charge in [-0.2, -0.15) is 0 Å². The van der Waals surface area contributed by atoms with Crippen LogP contribution in [0.5, 0.6) is 0 Å². The van der Waals surface area contributed by atoms with Crippen LogP contribution < -0.4 is 0 Å². The average Bonchev–Trinajstić information content (AvgIpc) is 3.02. The molecule has 5 nitrogen and oxygen atoms in total. The summed E-state index contributed by atoms with van der Waals surface area (Å²) in [6.07, 6.45) is 5.40. The molecule has 1 aliphatic rings. The topological polar surface area (TPSA) is 54.8 Å². The fraction of sp³-hybridized carbons (Fsp3) is 0.381. The fourth-order valence-electron chi connectivity index (χ4n) is 3.13. The Morgan fingerprint density at radius 1 is 1.41 bits per heavy atom. The molecule has 1 aromatic carbocycles. The SMILES string of the molecule is CCON=Cc1cccc(-c2ccncc2C2SCC(=O)N2CC(C)C)c1. The number of carbonyl (C=O) groups excluding carboxylic acids is 1. The molecular weight excluding hydrogens is 358 g/mol. The first-order valence-corrected chi connectivity index (χ1v) is 10.3. The van der Waals surface area contributed by atoms with E-state index in [-0.39, 0.29) is 11.3 Å². The highest BCUT2D eigenvalue weighted by Gasteiger charge is 2.34. The van der Waals surface area contributed by atoms with E-state index in [1.807, 2.05) is 36.2 Å². The Morgan fingerprint density at radius 2 is 2.26 bits per heavy atom. The van der Waals surface area contributed by atoms with E-state index in [2.05, 4.69) is 36.1 Å². The molecule has 1 aromatic heterocycles. The summed E-state index contributed by atoms with van der Waals surface area (Å²) in [5.41, 5.74) is 4.22. The minimum Gasteiger partial charge on any atom is -0.396 e. The van der Waals surface area contributed by atoms with E-state index in [4.69, 9.17) is 4.84 Å². The molecule has 1 fully saturated rings. The van der Waals surface area contributed by atoms with Crippen molar-refractivity contribution in [3.63, 3.8) is 0 Å². The number of carbonyl (C=O) groups is 1. The van der Waals surface area contributed by atoms with E-state index in [9.17, 15) is 4.79 Å². The summed E-state index contributed by atoms with van der Waals surface area (Å²) >= 11 is 1.67. The van der Waals surface area contributed by atoms with Crippen LogP contribution in [0.4, 0.5) is 0 Å². The molecule has 0 saturated carbocycles. The van der Waals surface area contributed by atoms with Gasteiger partial charge >= 0.3 is 0 Å². The van der Waals surface area contributed by atoms with Crippen molar-refractivity contribution in [2.45, 2.75) is 26.1 Å². The highest BCUT2D eigenvalue weighted by atomic mass is 32.2. The molecule has 0 radical (unpaired) electrons. The normalized spacial score (nSPS) is 17.3. The van der Waals surface area contributed by atoms with Crippen molar-refractivity contribution in [3.05, 3.63) is 53.9 Å². The van der Waals surface area contributed by atoms with Crippen LogP contribution in [0.2, 0.25) is 0 Å². The van der Waals surface area contributed by atoms with Crippen molar-refractivity contribution in [2.75, 3.05) is 18.9 Å². The Labute approximate surface area is 164 Å². The first-order valence-electron chi connectivity index (χ1n) is 9.21. The molecule has 1 aliphatic heterocycles. The smallest absolute Gasteiger partial charge is 0.233 e. The summed E-state index contributed by atoms with van der Waals surface area (Å²) in [4.78, 5) is 23.8. The van der Waals surface area contributed by atoms with Crippen LogP contribution in [0.25, 0.3) is 11.1 Å². The van der Waals surface area contributed by atoms with Crippen molar-refractivity contribution in [1.82, 2.24) is 9.88 Å². The van der Waals surface area contributed by atoms with Crippen LogP contribution in [0.15, 0.2) is 47.9 Å². The van der Waals surface area contributed by atoms with Gasteiger partial charge in [0, 0.05) is 24.5 Å². The summed E-state index contributed by atoms with van der Waals surface area (Å²) < 4.78 is 0. The van der Waals surface area contributed by atoms with E-state index >= 15 is 0 Å². The quantitative estimate of drug-likeness (QED) is 0.527. The van der Waals surface area contributed by atoms with E-state index in [0.717, 1.165) is 28.8 Å². The molecule has 2 heterocycles. The maximum Gasteiger partial charge on any atom is 0.233 e. The van der Waals surface area contributed by atoms with E-state index in [1.165, 1.54) is 0 Å². The van der Waals surface area contributed by atoms with E-state index in [1.54, 1.807) is 24.2 Å². The molecule has 1 saturated heterocycles. The van der Waals surface area contributed by atoms with E-state index in [0.29, 0.717) is 18.3 Å². The summed E-state index contributed by atoms with van der Waals surface area (Å²) in [5.74, 6) is 1.15. The number of benzene rings is 1. The monoisotopic (exact) mass is 383 g/mol. The van der Waals surface area contributed by atoms with Gasteiger partial charge in [-0.25, -0.2) is 0 Å². The van der Waals surface area contributed by atoms with Crippen LogP contribution in [0.3, 0.4) is 0 Å². The maximum atomic E-state index is 12.4. The predicted molar refractivity (Wildman–Crippen MR) is 111 cm³/mol. The Bertz CT molecular complexity index is 823. The van der Waals surface area contributed by atoms with Crippen LogP contribution >= 0.6 is 11.8 Å². The van der Waals surface area contributed by atoms with Gasteiger partial charge in [0.2, 0.25) is 5.91 Å². The van der Waals surface area contributed by atoms with Crippen molar-refractivity contribution in [1.29, 1.82) is 0 Å². The first-order chi connectivity index (χ1) is 13.1. The van der Waals surface area contributed by atoms with Gasteiger partial charge in [0.15, 0.2) is 0 Å².